The zero-order valence-electron chi connectivity index (χ0n) is 16.6. The summed E-state index contributed by atoms with van der Waals surface area (Å²) in [6.07, 6.45) is 6.43. The Bertz CT molecular complexity index is 581. The molecule has 1 saturated heterocycles. The Balaban J connectivity index is 1.77. The molecule has 0 bridgehead atoms. The Morgan fingerprint density at radius 1 is 1.11 bits per heavy atom. The summed E-state index contributed by atoms with van der Waals surface area (Å²) in [6.45, 7) is 5.53. The predicted octanol–water partition coefficient (Wildman–Crippen LogP) is 2.64. The maximum Gasteiger partial charge on any atom is 0.222 e. The summed E-state index contributed by atoms with van der Waals surface area (Å²) >= 11 is 0. The van der Waals surface area contributed by atoms with Gasteiger partial charge < -0.3 is 20.3 Å². The van der Waals surface area contributed by atoms with E-state index >= 15 is 0 Å². The van der Waals surface area contributed by atoms with Crippen LogP contribution < -0.4 is 15.4 Å². The van der Waals surface area contributed by atoms with Crippen LogP contribution in [0.3, 0.4) is 0 Å². The number of rotatable bonds is 9. The largest absolute Gasteiger partial charge is 0.497 e. The normalized spacial score (nSPS) is 16.2. The topological polar surface area (TPSA) is 70.7 Å². The third kappa shape index (κ3) is 7.99. The lowest BCUT2D eigenvalue weighted by Gasteiger charge is -2.20. The van der Waals surface area contributed by atoms with Crippen molar-refractivity contribution < 1.29 is 14.3 Å². The van der Waals surface area contributed by atoms with Gasteiger partial charge in [-0.2, -0.15) is 0 Å². The van der Waals surface area contributed by atoms with Crippen LogP contribution in [0.25, 0.3) is 0 Å². The van der Waals surface area contributed by atoms with Gasteiger partial charge in [0.2, 0.25) is 11.8 Å². The summed E-state index contributed by atoms with van der Waals surface area (Å²) in [4.78, 5) is 26.4. The number of carbonyl (C=O) groups is 2. The second-order valence-electron chi connectivity index (χ2n) is 7.19. The first-order valence-electron chi connectivity index (χ1n) is 9.98. The highest BCUT2D eigenvalue weighted by atomic mass is 16.5. The van der Waals surface area contributed by atoms with Gasteiger partial charge in [-0.15, -0.1) is 0 Å². The van der Waals surface area contributed by atoms with Gasteiger partial charge in [0.05, 0.1) is 19.6 Å². The summed E-state index contributed by atoms with van der Waals surface area (Å²) in [5, 5.41) is 5.86. The van der Waals surface area contributed by atoms with E-state index in [0.717, 1.165) is 24.3 Å². The maximum atomic E-state index is 12.3. The van der Waals surface area contributed by atoms with Crippen molar-refractivity contribution in [1.82, 2.24) is 15.5 Å². The highest BCUT2D eigenvalue weighted by Gasteiger charge is 2.17. The van der Waals surface area contributed by atoms with Crippen LogP contribution >= 0.6 is 0 Å². The van der Waals surface area contributed by atoms with Gasteiger partial charge in [0.15, 0.2) is 0 Å². The molecule has 0 spiro atoms. The van der Waals surface area contributed by atoms with Crippen LogP contribution in [-0.2, 0) is 9.59 Å². The first-order chi connectivity index (χ1) is 13.1. The van der Waals surface area contributed by atoms with E-state index < -0.39 is 0 Å². The molecule has 27 heavy (non-hydrogen) atoms. The van der Waals surface area contributed by atoms with E-state index in [-0.39, 0.29) is 24.3 Å². The first-order valence-corrected chi connectivity index (χ1v) is 9.98. The lowest BCUT2D eigenvalue weighted by Crippen LogP contribution is -2.34. The van der Waals surface area contributed by atoms with Gasteiger partial charge in [0.1, 0.15) is 5.75 Å². The summed E-state index contributed by atoms with van der Waals surface area (Å²) in [5.74, 6) is 0.559. The van der Waals surface area contributed by atoms with Crippen molar-refractivity contribution >= 4 is 11.8 Å². The highest BCUT2D eigenvalue weighted by molar-refractivity contribution is 5.79. The average molecular weight is 376 g/mol. The monoisotopic (exact) mass is 375 g/mol. The molecule has 1 aliphatic rings. The number of ether oxygens (including phenoxy) is 1. The van der Waals surface area contributed by atoms with Crippen molar-refractivity contribution in [2.75, 3.05) is 33.3 Å². The molecule has 1 unspecified atom stereocenters. The molecule has 6 heteroatoms. The van der Waals surface area contributed by atoms with Crippen LogP contribution in [0.4, 0.5) is 0 Å². The zero-order valence-corrected chi connectivity index (χ0v) is 16.6. The van der Waals surface area contributed by atoms with Crippen molar-refractivity contribution in [3.8, 4) is 5.75 Å². The number of methoxy groups -OCH3 is 1. The van der Waals surface area contributed by atoms with Crippen molar-refractivity contribution in [3.05, 3.63) is 29.8 Å². The average Bonchev–Trinajstić information content (AvgIpc) is 2.93. The van der Waals surface area contributed by atoms with Crippen molar-refractivity contribution in [3.63, 3.8) is 0 Å². The molecular formula is C21H33N3O3. The fourth-order valence-corrected chi connectivity index (χ4v) is 3.48. The Hall–Kier alpha value is -2.08. The molecule has 1 aromatic carbocycles. The first kappa shape index (κ1) is 21.2. The van der Waals surface area contributed by atoms with Crippen molar-refractivity contribution in [2.24, 2.45) is 0 Å². The van der Waals surface area contributed by atoms with E-state index in [1.54, 1.807) is 7.11 Å². The van der Waals surface area contributed by atoms with Crippen LogP contribution in [0.1, 0.15) is 57.1 Å². The van der Waals surface area contributed by atoms with Gasteiger partial charge in [-0.05, 0) is 56.6 Å². The molecule has 1 atom stereocenters. The zero-order chi connectivity index (χ0) is 19.5. The number of amides is 2. The minimum atomic E-state index is -0.334. The van der Waals surface area contributed by atoms with E-state index in [2.05, 4.69) is 15.5 Å². The molecule has 1 aromatic rings. The molecule has 6 nitrogen and oxygen atoms in total. The summed E-state index contributed by atoms with van der Waals surface area (Å²) < 4.78 is 5.16. The molecule has 2 amide bonds. The van der Waals surface area contributed by atoms with Crippen LogP contribution in [0.5, 0.6) is 5.75 Å². The van der Waals surface area contributed by atoms with Crippen LogP contribution in [0.2, 0.25) is 0 Å². The highest BCUT2D eigenvalue weighted by Crippen LogP contribution is 2.20. The molecule has 0 radical (unpaired) electrons. The van der Waals surface area contributed by atoms with E-state index in [1.165, 1.54) is 45.7 Å². The van der Waals surface area contributed by atoms with Gasteiger partial charge in [-0.3, -0.25) is 9.59 Å². The second kappa shape index (κ2) is 11.6. The minimum absolute atomic E-state index is 0.0413. The molecule has 150 valence electrons. The number of carbonyl (C=O) groups excluding carboxylic acids is 2. The van der Waals surface area contributed by atoms with Gasteiger partial charge in [-0.1, -0.05) is 25.0 Å². The fraction of sp³-hybridized carbons (Fsp3) is 0.619. The molecule has 0 aliphatic carbocycles. The quantitative estimate of drug-likeness (QED) is 0.651. The van der Waals surface area contributed by atoms with Gasteiger partial charge in [0.25, 0.3) is 0 Å². The smallest absolute Gasteiger partial charge is 0.222 e. The SMILES string of the molecule is COc1ccc(C(CC(=O)NCCCN2CCCCCC2)NC(C)=O)cc1. The lowest BCUT2D eigenvalue weighted by atomic mass is 10.0. The Morgan fingerprint density at radius 2 is 1.78 bits per heavy atom. The number of likely N-dealkylation sites (tertiary alicyclic amines) is 1. The minimum Gasteiger partial charge on any atom is -0.497 e. The van der Waals surface area contributed by atoms with E-state index in [4.69, 9.17) is 4.74 Å². The number of nitrogens with zero attached hydrogens (tertiary/aromatic N) is 1. The molecule has 2 N–H and O–H groups in total. The molecule has 1 aliphatic heterocycles. The number of hydrogen-bond donors (Lipinski definition) is 2. The standard InChI is InChI=1S/C21H33N3O3/c1-17(25)23-20(18-8-10-19(27-2)11-9-18)16-21(26)22-12-7-15-24-13-5-3-4-6-14-24/h8-11,20H,3-7,12-16H2,1-2H3,(H,22,26)(H,23,25). The third-order valence-corrected chi connectivity index (χ3v) is 4.96. The maximum absolute atomic E-state index is 12.3. The molecule has 1 heterocycles. The van der Waals surface area contributed by atoms with Crippen LogP contribution in [-0.4, -0.2) is 50.0 Å². The lowest BCUT2D eigenvalue weighted by molar-refractivity contribution is -0.122. The predicted molar refractivity (Wildman–Crippen MR) is 107 cm³/mol. The Kier molecular flexibility index (Phi) is 9.11. The molecule has 0 saturated carbocycles. The molecule has 2 rings (SSSR count). The van der Waals surface area contributed by atoms with Crippen molar-refractivity contribution in [1.29, 1.82) is 0 Å². The Labute approximate surface area is 162 Å². The molecule has 0 aromatic heterocycles. The van der Waals surface area contributed by atoms with Gasteiger partial charge in [0, 0.05) is 13.5 Å². The molecular weight excluding hydrogens is 342 g/mol. The summed E-state index contributed by atoms with van der Waals surface area (Å²) in [5.41, 5.74) is 0.894. The van der Waals surface area contributed by atoms with Gasteiger partial charge in [-0.25, -0.2) is 0 Å². The van der Waals surface area contributed by atoms with Gasteiger partial charge >= 0.3 is 0 Å². The third-order valence-electron chi connectivity index (χ3n) is 4.96. The van der Waals surface area contributed by atoms with Crippen LogP contribution in [0, 0.1) is 0 Å². The number of nitrogens with one attached hydrogen (secondary N) is 2. The number of hydrogen-bond acceptors (Lipinski definition) is 4. The van der Waals surface area contributed by atoms with Crippen LogP contribution in [0.15, 0.2) is 24.3 Å². The van der Waals surface area contributed by atoms with E-state index in [0.29, 0.717) is 6.54 Å². The van der Waals surface area contributed by atoms with E-state index in [1.807, 2.05) is 24.3 Å². The summed E-state index contributed by atoms with van der Waals surface area (Å²) in [6, 6.07) is 7.10. The molecule has 1 fully saturated rings. The second-order valence-corrected chi connectivity index (χ2v) is 7.19. The van der Waals surface area contributed by atoms with Crippen molar-refractivity contribution in [2.45, 2.75) is 51.5 Å². The number of benzene rings is 1. The summed E-state index contributed by atoms with van der Waals surface area (Å²) in [7, 11) is 1.61. The fourth-order valence-electron chi connectivity index (χ4n) is 3.48. The Morgan fingerprint density at radius 3 is 2.37 bits per heavy atom. The van der Waals surface area contributed by atoms with E-state index in [9.17, 15) is 9.59 Å².